The molecular formula is C16H28O8P2. The molecule has 0 unspecified atom stereocenters. The number of benzene rings is 1. The number of hydrogen-bond acceptors (Lipinski definition) is 8. The van der Waals surface area contributed by atoms with Crippen molar-refractivity contribution in [2.24, 2.45) is 0 Å². The predicted octanol–water partition coefficient (Wildman–Crippen LogP) is 4.89. The van der Waals surface area contributed by atoms with Gasteiger partial charge < -0.3 is 27.6 Å². The monoisotopic (exact) mass is 410 g/mol. The Hall–Kier alpha value is -0.880. The van der Waals surface area contributed by atoms with E-state index in [1.54, 1.807) is 52.0 Å². The van der Waals surface area contributed by atoms with E-state index < -0.39 is 20.8 Å². The van der Waals surface area contributed by atoms with Gasteiger partial charge in [0.1, 0.15) is 11.5 Å². The molecular weight excluding hydrogens is 382 g/mol. The lowest BCUT2D eigenvalue weighted by Gasteiger charge is -2.31. The highest BCUT2D eigenvalue weighted by Crippen LogP contribution is 2.70. The first-order chi connectivity index (χ1) is 12.4. The molecule has 0 heterocycles. The van der Waals surface area contributed by atoms with Gasteiger partial charge in [-0.1, -0.05) is 0 Å². The van der Waals surface area contributed by atoms with Crippen molar-refractivity contribution in [3.05, 3.63) is 24.3 Å². The molecule has 0 radical (unpaired) electrons. The molecule has 1 aromatic rings. The third-order valence-electron chi connectivity index (χ3n) is 3.08. The average molecular weight is 410 g/mol. The van der Waals surface area contributed by atoms with Crippen LogP contribution in [0.1, 0.15) is 27.7 Å². The number of ether oxygens (including phenoxy) is 2. The van der Waals surface area contributed by atoms with Crippen LogP contribution in [0.15, 0.2) is 24.3 Å². The van der Waals surface area contributed by atoms with E-state index in [2.05, 4.69) is 0 Å². The molecule has 150 valence electrons. The summed E-state index contributed by atoms with van der Waals surface area (Å²) in [5, 5.41) is 0. The summed E-state index contributed by atoms with van der Waals surface area (Å²) in [6.07, 6.45) is 0. The van der Waals surface area contributed by atoms with Crippen LogP contribution in [0.5, 0.6) is 11.5 Å². The van der Waals surface area contributed by atoms with Crippen molar-refractivity contribution in [3.63, 3.8) is 0 Å². The number of methoxy groups -OCH3 is 1. The minimum absolute atomic E-state index is 0.0813. The lowest BCUT2D eigenvalue weighted by atomic mass is 10.3. The number of hydrogen-bond donors (Lipinski definition) is 0. The molecule has 10 heteroatoms. The second kappa shape index (κ2) is 11.1. The zero-order valence-corrected chi connectivity index (χ0v) is 17.7. The Morgan fingerprint density at radius 3 is 1.38 bits per heavy atom. The fourth-order valence-electron chi connectivity index (χ4n) is 2.13. The molecule has 0 saturated heterocycles. The Morgan fingerprint density at radius 1 is 0.731 bits per heavy atom. The second-order valence-corrected chi connectivity index (χ2v) is 9.41. The van der Waals surface area contributed by atoms with E-state index in [0.29, 0.717) is 11.5 Å². The van der Waals surface area contributed by atoms with Crippen LogP contribution in [0.25, 0.3) is 0 Å². The Bertz CT molecular complexity index is 569. The lowest BCUT2D eigenvalue weighted by molar-refractivity contribution is 0.150. The van der Waals surface area contributed by atoms with Gasteiger partial charge in [0.2, 0.25) is 0 Å². The predicted molar refractivity (Wildman–Crippen MR) is 99.1 cm³/mol. The molecule has 0 aliphatic heterocycles. The molecule has 0 atom stereocenters. The van der Waals surface area contributed by atoms with Crippen LogP contribution in [0.3, 0.4) is 0 Å². The zero-order chi connectivity index (χ0) is 19.6. The Labute approximate surface area is 155 Å². The van der Waals surface area contributed by atoms with Gasteiger partial charge in [-0.25, -0.2) is 0 Å². The van der Waals surface area contributed by atoms with Crippen LogP contribution in [-0.4, -0.2) is 39.1 Å². The van der Waals surface area contributed by atoms with Crippen LogP contribution in [0, 0.1) is 0 Å². The van der Waals surface area contributed by atoms with Gasteiger partial charge in [0.05, 0.1) is 33.5 Å². The molecule has 0 amide bonds. The van der Waals surface area contributed by atoms with Gasteiger partial charge in [-0.05, 0) is 52.0 Å². The summed E-state index contributed by atoms with van der Waals surface area (Å²) in [6.45, 7) is 6.95. The maximum absolute atomic E-state index is 13.3. The van der Waals surface area contributed by atoms with E-state index in [1.807, 2.05) is 0 Å². The van der Waals surface area contributed by atoms with Crippen molar-refractivity contribution in [2.45, 2.75) is 33.3 Å². The summed E-state index contributed by atoms with van der Waals surface area (Å²) in [5.74, 6) is 0.916. The summed E-state index contributed by atoms with van der Waals surface area (Å²) in [4.78, 5) is 0. The first-order valence-corrected chi connectivity index (χ1v) is 11.7. The first kappa shape index (κ1) is 23.2. The van der Waals surface area contributed by atoms with E-state index in [0.717, 1.165) is 0 Å². The van der Waals surface area contributed by atoms with E-state index in [4.69, 9.17) is 27.6 Å². The van der Waals surface area contributed by atoms with Crippen molar-refractivity contribution >= 4 is 15.2 Å². The molecule has 1 aromatic carbocycles. The van der Waals surface area contributed by atoms with Crippen LogP contribution < -0.4 is 9.47 Å². The second-order valence-electron chi connectivity index (χ2n) is 4.87. The van der Waals surface area contributed by atoms with Crippen molar-refractivity contribution in [1.29, 1.82) is 0 Å². The topological polar surface area (TPSA) is 89.5 Å². The van der Waals surface area contributed by atoms with E-state index in [1.165, 1.54) is 7.11 Å². The van der Waals surface area contributed by atoms with Gasteiger partial charge in [-0.3, -0.25) is 9.13 Å². The van der Waals surface area contributed by atoms with Gasteiger partial charge in [-0.2, -0.15) is 0 Å². The standard InChI is InChI=1S/C16H28O8P2/c1-6-20-25(17,21-7-2)16(26(18,22-8-3)23-9-4)24-15-12-10-14(19-5)11-13-15/h10-13,16H,6-9H2,1-5H3. The van der Waals surface area contributed by atoms with Crippen molar-refractivity contribution in [3.8, 4) is 11.5 Å². The normalized spacial score (nSPS) is 12.4. The zero-order valence-electron chi connectivity index (χ0n) is 15.9. The van der Waals surface area contributed by atoms with E-state index in [-0.39, 0.29) is 26.4 Å². The summed E-state index contributed by atoms with van der Waals surface area (Å²) in [6, 6.07) is 6.50. The summed E-state index contributed by atoms with van der Waals surface area (Å²) >= 11 is 0. The average Bonchev–Trinajstić information content (AvgIpc) is 2.61. The van der Waals surface area contributed by atoms with Crippen molar-refractivity contribution in [1.82, 2.24) is 0 Å². The van der Waals surface area contributed by atoms with E-state index in [9.17, 15) is 9.13 Å². The number of rotatable bonds is 13. The highest BCUT2D eigenvalue weighted by atomic mass is 31.2. The SMILES string of the molecule is CCOP(=O)(OCC)C(Oc1ccc(OC)cc1)P(=O)(OCC)OCC. The maximum atomic E-state index is 13.3. The fraction of sp³-hybridized carbons (Fsp3) is 0.625. The first-order valence-electron chi connectivity index (χ1n) is 8.47. The molecule has 26 heavy (non-hydrogen) atoms. The van der Waals surface area contributed by atoms with Gasteiger partial charge >= 0.3 is 15.2 Å². The maximum Gasteiger partial charge on any atom is 0.383 e. The smallest absolute Gasteiger partial charge is 0.383 e. The highest BCUT2D eigenvalue weighted by Gasteiger charge is 2.53. The molecule has 8 nitrogen and oxygen atoms in total. The van der Waals surface area contributed by atoms with Crippen LogP contribution in [-0.2, 0) is 27.2 Å². The third-order valence-corrected chi connectivity index (χ3v) is 8.54. The van der Waals surface area contributed by atoms with Crippen LogP contribution in [0.4, 0.5) is 0 Å². The van der Waals surface area contributed by atoms with Gasteiger partial charge in [0.15, 0.2) is 0 Å². The quantitative estimate of drug-likeness (QED) is 0.425. The van der Waals surface area contributed by atoms with Gasteiger partial charge in [0.25, 0.3) is 5.59 Å². The van der Waals surface area contributed by atoms with Crippen molar-refractivity contribution in [2.75, 3.05) is 33.5 Å². The Balaban J connectivity index is 3.33. The molecule has 0 saturated carbocycles. The highest BCUT2D eigenvalue weighted by molar-refractivity contribution is 7.72. The summed E-state index contributed by atoms with van der Waals surface area (Å²) in [5.41, 5.74) is -1.55. The summed E-state index contributed by atoms with van der Waals surface area (Å²) in [7, 11) is -6.39. The molecule has 0 bridgehead atoms. The third kappa shape index (κ3) is 6.08. The molecule has 0 fully saturated rings. The largest absolute Gasteiger partial charge is 0.497 e. The molecule has 0 N–H and O–H groups in total. The molecule has 0 aliphatic carbocycles. The Kier molecular flexibility index (Phi) is 9.86. The van der Waals surface area contributed by atoms with Crippen LogP contribution >= 0.6 is 15.2 Å². The summed E-state index contributed by atoms with van der Waals surface area (Å²) < 4.78 is 58.9. The van der Waals surface area contributed by atoms with Gasteiger partial charge in [-0.15, -0.1) is 0 Å². The molecule has 0 aliphatic rings. The molecule has 1 rings (SSSR count). The van der Waals surface area contributed by atoms with Crippen LogP contribution in [0.2, 0.25) is 0 Å². The fourth-order valence-corrected chi connectivity index (χ4v) is 6.91. The van der Waals surface area contributed by atoms with Gasteiger partial charge in [0, 0.05) is 0 Å². The minimum Gasteiger partial charge on any atom is -0.497 e. The molecule has 0 aromatic heterocycles. The minimum atomic E-state index is -3.96. The Morgan fingerprint density at radius 2 is 1.08 bits per heavy atom. The lowest BCUT2D eigenvalue weighted by Crippen LogP contribution is -2.23. The van der Waals surface area contributed by atoms with Crippen molar-refractivity contribution < 1.29 is 36.7 Å². The molecule has 0 spiro atoms. The van der Waals surface area contributed by atoms with E-state index >= 15 is 0 Å².